The van der Waals surface area contributed by atoms with Crippen molar-refractivity contribution < 1.29 is 5.11 Å². The lowest BCUT2D eigenvalue weighted by Gasteiger charge is -2.29. The van der Waals surface area contributed by atoms with Gasteiger partial charge in [-0.2, -0.15) is 0 Å². The summed E-state index contributed by atoms with van der Waals surface area (Å²) in [4.78, 5) is 0. The first kappa shape index (κ1) is 13.6. The third kappa shape index (κ3) is 3.12. The molecule has 2 heteroatoms. The molecule has 0 spiro atoms. The van der Waals surface area contributed by atoms with Gasteiger partial charge in [-0.25, -0.2) is 0 Å². The third-order valence-corrected chi connectivity index (χ3v) is 4.33. The Morgan fingerprint density at radius 1 is 1.28 bits per heavy atom. The third-order valence-electron chi connectivity index (χ3n) is 4.33. The maximum Gasteiger partial charge on any atom is 0.0497 e. The van der Waals surface area contributed by atoms with Crippen molar-refractivity contribution in [2.24, 2.45) is 0 Å². The fourth-order valence-electron chi connectivity index (χ4n) is 2.96. The van der Waals surface area contributed by atoms with Crippen LogP contribution >= 0.6 is 0 Å². The fraction of sp³-hybridized carbons (Fsp3) is 0.625. The zero-order valence-electron chi connectivity index (χ0n) is 11.5. The Kier molecular flexibility index (Phi) is 4.79. The number of aliphatic hydroxyl groups excluding tert-OH is 1. The van der Waals surface area contributed by atoms with Crippen molar-refractivity contribution in [1.29, 1.82) is 0 Å². The Hall–Kier alpha value is -0.860. The molecule has 0 aromatic heterocycles. The molecular formula is C16H25NO. The van der Waals surface area contributed by atoms with Crippen molar-refractivity contribution in [2.75, 3.05) is 13.7 Å². The molecule has 2 rings (SSSR count). The Bertz CT molecular complexity index is 360. The van der Waals surface area contributed by atoms with Crippen molar-refractivity contribution >= 4 is 0 Å². The van der Waals surface area contributed by atoms with Crippen LogP contribution < -0.4 is 5.32 Å². The van der Waals surface area contributed by atoms with Crippen molar-refractivity contribution in [2.45, 2.75) is 50.5 Å². The normalized spacial score (nSPS) is 25.9. The van der Waals surface area contributed by atoms with Gasteiger partial charge in [-0.05, 0) is 43.4 Å². The monoisotopic (exact) mass is 247 g/mol. The molecule has 1 aliphatic rings. The van der Waals surface area contributed by atoms with Gasteiger partial charge >= 0.3 is 0 Å². The van der Waals surface area contributed by atoms with E-state index in [2.05, 4.69) is 43.6 Å². The van der Waals surface area contributed by atoms with E-state index in [-0.39, 0.29) is 12.5 Å². The summed E-state index contributed by atoms with van der Waals surface area (Å²) < 4.78 is 0. The number of hydrogen-bond donors (Lipinski definition) is 2. The summed E-state index contributed by atoms with van der Waals surface area (Å²) in [5.41, 5.74) is 2.70. The van der Waals surface area contributed by atoms with Crippen LogP contribution in [0.3, 0.4) is 0 Å². The van der Waals surface area contributed by atoms with E-state index in [9.17, 15) is 0 Å². The maximum atomic E-state index is 9.16. The molecule has 0 aliphatic heterocycles. The number of rotatable bonds is 4. The summed E-state index contributed by atoms with van der Waals surface area (Å²) in [6.07, 6.45) is 5.20. The van der Waals surface area contributed by atoms with Crippen LogP contribution in [0.2, 0.25) is 0 Å². The lowest BCUT2D eigenvalue weighted by Crippen LogP contribution is -2.30. The zero-order chi connectivity index (χ0) is 13.0. The molecule has 1 aromatic rings. The van der Waals surface area contributed by atoms with Gasteiger partial charge in [-0.15, -0.1) is 0 Å². The molecule has 0 radical (unpaired) electrons. The van der Waals surface area contributed by atoms with Crippen molar-refractivity contribution in [3.63, 3.8) is 0 Å². The highest BCUT2D eigenvalue weighted by molar-refractivity contribution is 5.28. The first-order valence-electron chi connectivity index (χ1n) is 7.12. The quantitative estimate of drug-likeness (QED) is 0.857. The molecule has 2 N–H and O–H groups in total. The SMILES string of the molecule is CNC1CCCC(c2ccc(C(C)CO)cc2)C1. The molecule has 3 atom stereocenters. The first-order chi connectivity index (χ1) is 8.74. The van der Waals surface area contributed by atoms with Crippen LogP contribution in [-0.2, 0) is 0 Å². The minimum absolute atomic E-state index is 0.227. The number of hydrogen-bond acceptors (Lipinski definition) is 2. The fourth-order valence-corrected chi connectivity index (χ4v) is 2.96. The highest BCUT2D eigenvalue weighted by Gasteiger charge is 2.22. The standard InChI is InChI=1S/C16H25NO/c1-12(11-18)13-6-8-14(9-7-13)15-4-3-5-16(10-15)17-2/h6-9,12,15-18H,3-5,10-11H2,1-2H3. The van der Waals surface area contributed by atoms with Gasteiger partial charge in [0.1, 0.15) is 0 Å². The lowest BCUT2D eigenvalue weighted by molar-refractivity contribution is 0.273. The van der Waals surface area contributed by atoms with Gasteiger partial charge in [-0.3, -0.25) is 0 Å². The van der Waals surface area contributed by atoms with E-state index in [0.29, 0.717) is 12.0 Å². The van der Waals surface area contributed by atoms with Gasteiger partial charge in [0.2, 0.25) is 0 Å². The second kappa shape index (κ2) is 6.35. The van der Waals surface area contributed by atoms with Crippen molar-refractivity contribution in [3.8, 4) is 0 Å². The molecule has 0 heterocycles. The van der Waals surface area contributed by atoms with Crippen LogP contribution in [0.25, 0.3) is 0 Å². The number of benzene rings is 1. The van der Waals surface area contributed by atoms with E-state index in [0.717, 1.165) is 0 Å². The molecule has 1 aliphatic carbocycles. The summed E-state index contributed by atoms with van der Waals surface area (Å²) in [5.74, 6) is 0.949. The van der Waals surface area contributed by atoms with Crippen molar-refractivity contribution in [3.05, 3.63) is 35.4 Å². The highest BCUT2D eigenvalue weighted by atomic mass is 16.3. The van der Waals surface area contributed by atoms with Gasteiger partial charge in [0.05, 0.1) is 0 Å². The van der Waals surface area contributed by atoms with Gasteiger partial charge in [0.15, 0.2) is 0 Å². The maximum absolute atomic E-state index is 9.16. The van der Waals surface area contributed by atoms with E-state index in [1.807, 2.05) is 0 Å². The van der Waals surface area contributed by atoms with E-state index in [1.165, 1.54) is 36.8 Å². The van der Waals surface area contributed by atoms with Gasteiger partial charge in [0.25, 0.3) is 0 Å². The predicted octanol–water partition coefficient (Wildman–Crippen LogP) is 3.03. The van der Waals surface area contributed by atoms with Crippen LogP contribution in [0.4, 0.5) is 0 Å². The Labute approximate surface area is 110 Å². The molecule has 0 saturated heterocycles. The highest BCUT2D eigenvalue weighted by Crippen LogP contribution is 2.33. The summed E-state index contributed by atoms with van der Waals surface area (Å²) in [6.45, 7) is 2.29. The molecule has 0 bridgehead atoms. The molecule has 100 valence electrons. The number of aliphatic hydroxyl groups is 1. The van der Waals surface area contributed by atoms with Crippen LogP contribution in [0.15, 0.2) is 24.3 Å². The average molecular weight is 247 g/mol. The van der Waals surface area contributed by atoms with Crippen LogP contribution in [0.5, 0.6) is 0 Å². The first-order valence-corrected chi connectivity index (χ1v) is 7.12. The smallest absolute Gasteiger partial charge is 0.0497 e. The summed E-state index contributed by atoms with van der Waals surface area (Å²) >= 11 is 0. The predicted molar refractivity (Wildman–Crippen MR) is 76.0 cm³/mol. The van der Waals surface area contributed by atoms with E-state index in [1.54, 1.807) is 0 Å². The van der Waals surface area contributed by atoms with Crippen LogP contribution in [-0.4, -0.2) is 24.8 Å². The minimum Gasteiger partial charge on any atom is -0.396 e. The Morgan fingerprint density at radius 3 is 2.61 bits per heavy atom. The number of nitrogens with one attached hydrogen (secondary N) is 1. The molecule has 0 amide bonds. The summed E-state index contributed by atoms with van der Waals surface area (Å²) in [6, 6.07) is 9.55. The van der Waals surface area contributed by atoms with Crippen LogP contribution in [0, 0.1) is 0 Å². The Balaban J connectivity index is 2.04. The van der Waals surface area contributed by atoms with Gasteiger partial charge < -0.3 is 10.4 Å². The zero-order valence-corrected chi connectivity index (χ0v) is 11.5. The van der Waals surface area contributed by atoms with E-state index in [4.69, 9.17) is 5.11 Å². The second-order valence-corrected chi connectivity index (χ2v) is 5.60. The molecule has 1 aromatic carbocycles. The molecule has 2 nitrogen and oxygen atoms in total. The molecule has 1 fully saturated rings. The van der Waals surface area contributed by atoms with Gasteiger partial charge in [0, 0.05) is 18.6 Å². The van der Waals surface area contributed by atoms with Crippen LogP contribution in [0.1, 0.15) is 55.6 Å². The lowest BCUT2D eigenvalue weighted by atomic mass is 9.81. The molecular weight excluding hydrogens is 222 g/mol. The summed E-state index contributed by atoms with van der Waals surface area (Å²) in [5, 5.41) is 12.6. The largest absolute Gasteiger partial charge is 0.396 e. The van der Waals surface area contributed by atoms with E-state index < -0.39 is 0 Å². The minimum atomic E-state index is 0.227. The second-order valence-electron chi connectivity index (χ2n) is 5.60. The van der Waals surface area contributed by atoms with Crippen molar-refractivity contribution in [1.82, 2.24) is 5.32 Å². The average Bonchev–Trinajstić information content (AvgIpc) is 2.46. The molecule has 3 unspecified atom stereocenters. The topological polar surface area (TPSA) is 32.3 Å². The van der Waals surface area contributed by atoms with Gasteiger partial charge in [-0.1, -0.05) is 37.6 Å². The van der Waals surface area contributed by atoms with E-state index >= 15 is 0 Å². The molecule has 18 heavy (non-hydrogen) atoms. The molecule has 1 saturated carbocycles. The summed E-state index contributed by atoms with van der Waals surface area (Å²) in [7, 11) is 2.07. The Morgan fingerprint density at radius 2 is 2.00 bits per heavy atom.